The van der Waals surface area contributed by atoms with E-state index in [9.17, 15) is 13.9 Å². The Morgan fingerprint density at radius 3 is 2.57 bits per heavy atom. The molecule has 2 rings (SSSR count). The molecule has 0 amide bonds. The van der Waals surface area contributed by atoms with Crippen molar-refractivity contribution in [3.05, 3.63) is 69.2 Å². The van der Waals surface area contributed by atoms with Crippen molar-refractivity contribution in [2.24, 2.45) is 0 Å². The minimum absolute atomic E-state index is 0.164. The van der Waals surface area contributed by atoms with Gasteiger partial charge < -0.3 is 10.4 Å². The monoisotopic (exact) mass is 331 g/mol. The highest BCUT2D eigenvalue weighted by Gasteiger charge is 2.12. The van der Waals surface area contributed by atoms with E-state index in [2.05, 4.69) is 5.32 Å². The van der Waals surface area contributed by atoms with Crippen molar-refractivity contribution in [3.8, 4) is 0 Å². The Kier molecular flexibility index (Phi) is 5.53. The molecule has 2 aromatic carbocycles. The van der Waals surface area contributed by atoms with Gasteiger partial charge in [-0.1, -0.05) is 29.3 Å². The van der Waals surface area contributed by atoms with Gasteiger partial charge in [-0.3, -0.25) is 0 Å². The number of aliphatic hydroxyl groups is 1. The first-order valence-electron chi connectivity index (χ1n) is 6.25. The third-order valence-corrected chi connectivity index (χ3v) is 3.56. The van der Waals surface area contributed by atoms with Crippen molar-refractivity contribution in [2.75, 3.05) is 6.54 Å². The number of nitrogens with one attached hydrogen (secondary N) is 1. The second-order valence-electron chi connectivity index (χ2n) is 4.55. The third-order valence-electron chi connectivity index (χ3n) is 2.99. The lowest BCUT2D eigenvalue weighted by atomic mass is 10.1. The van der Waals surface area contributed by atoms with Gasteiger partial charge in [0.15, 0.2) is 0 Å². The van der Waals surface area contributed by atoms with Crippen molar-refractivity contribution < 1.29 is 13.9 Å². The highest BCUT2D eigenvalue weighted by Crippen LogP contribution is 2.26. The zero-order valence-corrected chi connectivity index (χ0v) is 12.4. The fourth-order valence-corrected chi connectivity index (χ4v) is 2.31. The molecule has 2 N–H and O–H groups in total. The van der Waals surface area contributed by atoms with E-state index < -0.39 is 17.7 Å². The van der Waals surface area contributed by atoms with Crippen LogP contribution in [0.5, 0.6) is 0 Å². The summed E-state index contributed by atoms with van der Waals surface area (Å²) >= 11 is 11.8. The average molecular weight is 332 g/mol. The number of rotatable bonds is 5. The molecule has 1 unspecified atom stereocenters. The first-order chi connectivity index (χ1) is 9.97. The number of hydrogen-bond acceptors (Lipinski definition) is 2. The predicted molar refractivity (Wildman–Crippen MR) is 79.5 cm³/mol. The topological polar surface area (TPSA) is 32.3 Å². The van der Waals surface area contributed by atoms with E-state index in [1.54, 1.807) is 18.2 Å². The van der Waals surface area contributed by atoms with E-state index in [0.29, 0.717) is 21.2 Å². The first kappa shape index (κ1) is 16.2. The van der Waals surface area contributed by atoms with Crippen LogP contribution in [0.25, 0.3) is 0 Å². The lowest BCUT2D eigenvalue weighted by molar-refractivity contribution is 0.174. The van der Waals surface area contributed by atoms with Crippen LogP contribution in [-0.2, 0) is 6.54 Å². The molecule has 0 saturated heterocycles. The summed E-state index contributed by atoms with van der Waals surface area (Å²) in [6.45, 7) is 0.332. The van der Waals surface area contributed by atoms with Gasteiger partial charge >= 0.3 is 0 Å². The Labute approximate surface area is 131 Å². The Morgan fingerprint density at radius 2 is 1.86 bits per heavy atom. The molecule has 2 nitrogen and oxygen atoms in total. The third kappa shape index (κ3) is 4.38. The second kappa shape index (κ2) is 7.18. The molecule has 0 spiro atoms. The molecule has 0 bridgehead atoms. The van der Waals surface area contributed by atoms with Crippen LogP contribution in [-0.4, -0.2) is 11.7 Å². The maximum Gasteiger partial charge on any atom is 0.130 e. The summed E-state index contributed by atoms with van der Waals surface area (Å²) in [5.74, 6) is -1.25. The molecule has 0 aliphatic carbocycles. The molecule has 0 radical (unpaired) electrons. The van der Waals surface area contributed by atoms with Crippen LogP contribution >= 0.6 is 23.2 Å². The summed E-state index contributed by atoms with van der Waals surface area (Å²) in [6.07, 6.45) is -0.875. The van der Waals surface area contributed by atoms with E-state index in [-0.39, 0.29) is 13.1 Å². The van der Waals surface area contributed by atoms with E-state index in [4.69, 9.17) is 23.2 Å². The molecule has 0 saturated carbocycles. The molecule has 21 heavy (non-hydrogen) atoms. The maximum atomic E-state index is 13.4. The number of benzene rings is 2. The van der Waals surface area contributed by atoms with Crippen molar-refractivity contribution in [1.82, 2.24) is 5.32 Å². The van der Waals surface area contributed by atoms with Crippen LogP contribution in [0.15, 0.2) is 36.4 Å². The Hall–Kier alpha value is -1.20. The van der Waals surface area contributed by atoms with Crippen LogP contribution in [0.1, 0.15) is 17.2 Å². The maximum absolute atomic E-state index is 13.4. The minimum Gasteiger partial charge on any atom is -0.387 e. The minimum atomic E-state index is -0.875. The SMILES string of the molecule is OC(CNCc1ccc(F)cc1F)c1cc(Cl)ccc1Cl. The average Bonchev–Trinajstić information content (AvgIpc) is 2.43. The summed E-state index contributed by atoms with van der Waals surface area (Å²) in [7, 11) is 0. The summed E-state index contributed by atoms with van der Waals surface area (Å²) in [6, 6.07) is 8.17. The molecular formula is C15H13Cl2F2NO. The van der Waals surface area contributed by atoms with Crippen LogP contribution in [0, 0.1) is 11.6 Å². The Morgan fingerprint density at radius 1 is 1.10 bits per heavy atom. The van der Waals surface area contributed by atoms with Crippen LogP contribution in [0.2, 0.25) is 10.0 Å². The molecule has 0 aliphatic heterocycles. The number of hydrogen-bond donors (Lipinski definition) is 2. The molecule has 0 heterocycles. The van der Waals surface area contributed by atoms with Gasteiger partial charge in [-0.05, 0) is 24.3 Å². The summed E-state index contributed by atoms with van der Waals surface area (Å²) < 4.78 is 26.2. The van der Waals surface area contributed by atoms with Crippen molar-refractivity contribution in [2.45, 2.75) is 12.6 Å². The van der Waals surface area contributed by atoms with Gasteiger partial charge in [0.2, 0.25) is 0 Å². The molecule has 6 heteroatoms. The predicted octanol–water partition coefficient (Wildman–Crippen LogP) is 4.09. The Balaban J connectivity index is 1.95. The molecule has 0 fully saturated rings. The smallest absolute Gasteiger partial charge is 0.130 e. The lowest BCUT2D eigenvalue weighted by Crippen LogP contribution is -2.21. The highest BCUT2D eigenvalue weighted by atomic mass is 35.5. The molecule has 112 valence electrons. The van der Waals surface area contributed by atoms with Gasteiger partial charge in [-0.15, -0.1) is 0 Å². The van der Waals surface area contributed by atoms with Crippen molar-refractivity contribution in [1.29, 1.82) is 0 Å². The van der Waals surface area contributed by atoms with Crippen molar-refractivity contribution >= 4 is 23.2 Å². The molecule has 2 aromatic rings. The quantitative estimate of drug-likeness (QED) is 0.864. The highest BCUT2D eigenvalue weighted by molar-refractivity contribution is 6.33. The fraction of sp³-hybridized carbons (Fsp3) is 0.200. The van der Waals surface area contributed by atoms with Gasteiger partial charge in [0.25, 0.3) is 0 Å². The largest absolute Gasteiger partial charge is 0.387 e. The zero-order valence-electron chi connectivity index (χ0n) is 10.9. The summed E-state index contributed by atoms with van der Waals surface area (Å²) in [4.78, 5) is 0. The van der Waals surface area contributed by atoms with Crippen LogP contribution < -0.4 is 5.32 Å². The standard InChI is InChI=1S/C15H13Cl2F2NO/c16-10-2-4-13(17)12(5-10)15(21)8-20-7-9-1-3-11(18)6-14(9)19/h1-6,15,20-21H,7-8H2. The summed E-state index contributed by atoms with van der Waals surface area (Å²) in [5, 5.41) is 13.8. The van der Waals surface area contributed by atoms with E-state index >= 15 is 0 Å². The van der Waals surface area contributed by atoms with Crippen molar-refractivity contribution in [3.63, 3.8) is 0 Å². The van der Waals surface area contributed by atoms with Gasteiger partial charge in [0.1, 0.15) is 11.6 Å². The van der Waals surface area contributed by atoms with Gasteiger partial charge in [-0.2, -0.15) is 0 Å². The Bertz CT molecular complexity index is 637. The number of aliphatic hydroxyl groups excluding tert-OH is 1. The normalized spacial score (nSPS) is 12.4. The van der Waals surface area contributed by atoms with Gasteiger partial charge in [0.05, 0.1) is 6.10 Å². The second-order valence-corrected chi connectivity index (χ2v) is 5.39. The zero-order chi connectivity index (χ0) is 15.4. The molecule has 1 atom stereocenters. The number of halogens is 4. The molecule has 0 aliphatic rings. The van der Waals surface area contributed by atoms with Gasteiger partial charge in [0, 0.05) is 40.3 Å². The van der Waals surface area contributed by atoms with E-state index in [0.717, 1.165) is 6.07 Å². The van der Waals surface area contributed by atoms with E-state index in [1.165, 1.54) is 12.1 Å². The van der Waals surface area contributed by atoms with Gasteiger partial charge in [-0.25, -0.2) is 8.78 Å². The lowest BCUT2D eigenvalue weighted by Gasteiger charge is -2.14. The van der Waals surface area contributed by atoms with E-state index in [1.807, 2.05) is 0 Å². The molecule has 0 aromatic heterocycles. The molecular weight excluding hydrogens is 319 g/mol. The fourth-order valence-electron chi connectivity index (χ4n) is 1.89. The van der Waals surface area contributed by atoms with Crippen LogP contribution in [0.4, 0.5) is 8.78 Å². The van der Waals surface area contributed by atoms with Crippen LogP contribution in [0.3, 0.4) is 0 Å². The summed E-state index contributed by atoms with van der Waals surface area (Å²) in [5.41, 5.74) is 0.817. The first-order valence-corrected chi connectivity index (χ1v) is 7.00.